The Hall–Kier alpha value is -1.66. The number of hydrogen-bond donors (Lipinski definition) is 1. The molecular weight excluding hydrogens is 178 g/mol. The summed E-state index contributed by atoms with van der Waals surface area (Å²) >= 11 is 0. The normalized spacial score (nSPS) is 12.9. The first-order valence-corrected chi connectivity index (χ1v) is 4.49. The summed E-state index contributed by atoms with van der Waals surface area (Å²) in [6.45, 7) is 1.58. The Labute approximate surface area is 82.8 Å². The van der Waals surface area contributed by atoms with Crippen molar-refractivity contribution in [3.05, 3.63) is 23.8 Å². The van der Waals surface area contributed by atoms with Gasteiger partial charge >= 0.3 is 0 Å². The molecule has 2 rings (SSSR count). The number of rotatable bonds is 0. The van der Waals surface area contributed by atoms with Gasteiger partial charge in [-0.3, -0.25) is 0 Å². The van der Waals surface area contributed by atoms with Crippen molar-refractivity contribution < 1.29 is 9.47 Å². The molecule has 0 aliphatic carbocycles. The summed E-state index contributed by atoms with van der Waals surface area (Å²) in [5.41, 5.74) is 6.19. The Kier molecular flexibility index (Phi) is 2.57. The molecule has 1 aromatic rings. The minimum Gasteiger partial charge on any atom is -0.486 e. The fraction of sp³-hybridized carbons (Fsp3) is 0.273. The van der Waals surface area contributed by atoms with Crippen LogP contribution in [0, 0.1) is 11.8 Å². The summed E-state index contributed by atoms with van der Waals surface area (Å²) < 4.78 is 10.8. The predicted molar refractivity (Wildman–Crippen MR) is 53.4 cm³/mol. The molecule has 72 valence electrons. The molecular formula is C11H11NO2. The van der Waals surface area contributed by atoms with Crippen molar-refractivity contribution in [2.75, 3.05) is 19.8 Å². The highest BCUT2D eigenvalue weighted by Crippen LogP contribution is 2.30. The second kappa shape index (κ2) is 4.03. The van der Waals surface area contributed by atoms with Gasteiger partial charge in [-0.2, -0.15) is 0 Å². The molecule has 0 unspecified atom stereocenters. The summed E-state index contributed by atoms with van der Waals surface area (Å²) in [7, 11) is 0. The number of hydrogen-bond acceptors (Lipinski definition) is 3. The molecule has 0 amide bonds. The van der Waals surface area contributed by atoms with Crippen LogP contribution < -0.4 is 15.2 Å². The van der Waals surface area contributed by atoms with E-state index in [2.05, 4.69) is 11.8 Å². The molecule has 0 spiro atoms. The zero-order chi connectivity index (χ0) is 9.80. The average Bonchev–Trinajstić information content (AvgIpc) is 2.26. The van der Waals surface area contributed by atoms with E-state index >= 15 is 0 Å². The molecule has 3 heteroatoms. The van der Waals surface area contributed by atoms with E-state index < -0.39 is 0 Å². The molecule has 0 bridgehead atoms. The van der Waals surface area contributed by atoms with Gasteiger partial charge in [0.25, 0.3) is 0 Å². The lowest BCUT2D eigenvalue weighted by atomic mass is 10.2. The lowest BCUT2D eigenvalue weighted by Gasteiger charge is -2.17. The zero-order valence-corrected chi connectivity index (χ0v) is 7.75. The maximum atomic E-state index is 5.42. The average molecular weight is 189 g/mol. The molecule has 1 heterocycles. The van der Waals surface area contributed by atoms with Crippen molar-refractivity contribution in [2.24, 2.45) is 5.73 Å². The number of ether oxygens (including phenoxy) is 2. The quantitative estimate of drug-likeness (QED) is 0.613. The first-order chi connectivity index (χ1) is 6.90. The van der Waals surface area contributed by atoms with Gasteiger partial charge in [0.15, 0.2) is 11.5 Å². The highest BCUT2D eigenvalue weighted by molar-refractivity contribution is 5.48. The highest BCUT2D eigenvalue weighted by Gasteiger charge is 2.10. The van der Waals surface area contributed by atoms with E-state index in [-0.39, 0.29) is 0 Å². The van der Waals surface area contributed by atoms with E-state index in [0.717, 1.165) is 17.1 Å². The topological polar surface area (TPSA) is 44.5 Å². The monoisotopic (exact) mass is 189 g/mol. The van der Waals surface area contributed by atoms with Crippen LogP contribution in [-0.4, -0.2) is 19.8 Å². The summed E-state index contributed by atoms with van der Waals surface area (Å²) in [6, 6.07) is 5.64. The third kappa shape index (κ3) is 1.81. The van der Waals surface area contributed by atoms with Gasteiger partial charge in [-0.05, 0) is 18.2 Å². The first kappa shape index (κ1) is 8.92. The Morgan fingerprint density at radius 3 is 2.79 bits per heavy atom. The van der Waals surface area contributed by atoms with Crippen molar-refractivity contribution in [1.82, 2.24) is 0 Å². The minimum absolute atomic E-state index is 0.369. The fourth-order valence-corrected chi connectivity index (χ4v) is 1.27. The molecule has 2 N–H and O–H groups in total. The standard InChI is InChI=1S/C11H11NO2/c12-5-1-2-9-3-4-10-11(8-9)14-7-6-13-10/h3-4,8H,5-7,12H2. The fourth-order valence-electron chi connectivity index (χ4n) is 1.27. The van der Waals surface area contributed by atoms with Gasteiger partial charge in [-0.1, -0.05) is 11.8 Å². The largest absolute Gasteiger partial charge is 0.486 e. The molecule has 3 nitrogen and oxygen atoms in total. The van der Waals surface area contributed by atoms with Crippen molar-refractivity contribution in [3.63, 3.8) is 0 Å². The van der Waals surface area contributed by atoms with Crippen molar-refractivity contribution in [3.8, 4) is 23.3 Å². The zero-order valence-electron chi connectivity index (χ0n) is 7.75. The van der Waals surface area contributed by atoms with E-state index in [1.54, 1.807) is 0 Å². The number of fused-ring (bicyclic) bond motifs is 1. The van der Waals surface area contributed by atoms with E-state index in [0.29, 0.717) is 19.8 Å². The second-order valence-corrected chi connectivity index (χ2v) is 2.86. The Balaban J connectivity index is 2.29. The van der Waals surface area contributed by atoms with Gasteiger partial charge in [-0.15, -0.1) is 0 Å². The van der Waals surface area contributed by atoms with Gasteiger partial charge in [0, 0.05) is 5.56 Å². The van der Waals surface area contributed by atoms with Crippen LogP contribution in [0.3, 0.4) is 0 Å². The van der Waals surface area contributed by atoms with E-state index in [4.69, 9.17) is 15.2 Å². The third-order valence-corrected chi connectivity index (χ3v) is 1.88. The molecule has 0 saturated heterocycles. The van der Waals surface area contributed by atoms with Gasteiger partial charge < -0.3 is 15.2 Å². The lowest BCUT2D eigenvalue weighted by molar-refractivity contribution is 0.171. The second-order valence-electron chi connectivity index (χ2n) is 2.86. The minimum atomic E-state index is 0.369. The summed E-state index contributed by atoms with van der Waals surface area (Å²) in [5, 5.41) is 0. The molecule has 0 radical (unpaired) electrons. The van der Waals surface area contributed by atoms with Crippen molar-refractivity contribution in [1.29, 1.82) is 0 Å². The van der Waals surface area contributed by atoms with Crippen LogP contribution in [0.25, 0.3) is 0 Å². The van der Waals surface area contributed by atoms with Crippen LogP contribution in [0.4, 0.5) is 0 Å². The van der Waals surface area contributed by atoms with Gasteiger partial charge in [-0.25, -0.2) is 0 Å². The maximum absolute atomic E-state index is 5.42. The van der Waals surface area contributed by atoms with Crippen molar-refractivity contribution >= 4 is 0 Å². The maximum Gasteiger partial charge on any atom is 0.162 e. The molecule has 0 fully saturated rings. The molecule has 1 aliphatic heterocycles. The molecule has 14 heavy (non-hydrogen) atoms. The van der Waals surface area contributed by atoms with E-state index in [1.807, 2.05) is 18.2 Å². The van der Waals surface area contributed by atoms with E-state index in [1.165, 1.54) is 0 Å². The van der Waals surface area contributed by atoms with Gasteiger partial charge in [0.2, 0.25) is 0 Å². The third-order valence-electron chi connectivity index (χ3n) is 1.88. The molecule has 1 aliphatic rings. The van der Waals surface area contributed by atoms with Crippen LogP contribution >= 0.6 is 0 Å². The molecule has 0 atom stereocenters. The van der Waals surface area contributed by atoms with Gasteiger partial charge in [0.1, 0.15) is 13.2 Å². The number of benzene rings is 1. The lowest BCUT2D eigenvalue weighted by Crippen LogP contribution is -2.15. The Morgan fingerprint density at radius 2 is 2.00 bits per heavy atom. The van der Waals surface area contributed by atoms with Crippen molar-refractivity contribution in [2.45, 2.75) is 0 Å². The van der Waals surface area contributed by atoms with Gasteiger partial charge in [0.05, 0.1) is 6.54 Å². The smallest absolute Gasteiger partial charge is 0.162 e. The van der Waals surface area contributed by atoms with Crippen LogP contribution in [0.2, 0.25) is 0 Å². The number of nitrogens with two attached hydrogens (primary N) is 1. The Morgan fingerprint density at radius 1 is 1.21 bits per heavy atom. The van der Waals surface area contributed by atoms with Crippen LogP contribution in [0.15, 0.2) is 18.2 Å². The van der Waals surface area contributed by atoms with Crippen LogP contribution in [-0.2, 0) is 0 Å². The molecule has 0 saturated carbocycles. The van der Waals surface area contributed by atoms with E-state index in [9.17, 15) is 0 Å². The molecule has 1 aromatic carbocycles. The predicted octanol–water partition coefficient (Wildman–Crippen LogP) is 0.768. The SMILES string of the molecule is NCC#Cc1ccc2c(c1)OCCO2. The summed E-state index contributed by atoms with van der Waals surface area (Å²) in [6.07, 6.45) is 0. The summed E-state index contributed by atoms with van der Waals surface area (Å²) in [4.78, 5) is 0. The summed E-state index contributed by atoms with van der Waals surface area (Å²) in [5.74, 6) is 7.29. The first-order valence-electron chi connectivity index (χ1n) is 4.49. The highest BCUT2D eigenvalue weighted by atomic mass is 16.6. The van der Waals surface area contributed by atoms with Crippen LogP contribution in [0.1, 0.15) is 5.56 Å². The van der Waals surface area contributed by atoms with Crippen LogP contribution in [0.5, 0.6) is 11.5 Å². The Bertz CT molecular complexity index is 390. The molecule has 0 aromatic heterocycles.